The Kier molecular flexibility index (Phi) is 5.96. The van der Waals surface area contributed by atoms with Gasteiger partial charge in [-0.05, 0) is 24.3 Å². The van der Waals surface area contributed by atoms with Gasteiger partial charge in [0.2, 0.25) is 5.91 Å². The van der Waals surface area contributed by atoms with Crippen molar-refractivity contribution in [2.24, 2.45) is 5.10 Å². The number of rotatable bonds is 6. The van der Waals surface area contributed by atoms with Crippen LogP contribution in [0.15, 0.2) is 72.4 Å². The number of hydrogen-bond donors (Lipinski definition) is 2. The van der Waals surface area contributed by atoms with Crippen LogP contribution in [0.5, 0.6) is 0 Å². The monoisotopic (exact) mass is 376 g/mol. The standard InChI is InChI=1S/C21H20N4O3/c1-2-14-22-20(27)16-10-6-7-11-17(16)23-21(28)18-12-13-19(26)25(24-18)15-8-4-3-5-9-15/h2-11H,1,12-14H2,(H,22,27)(H,23,28). The van der Waals surface area contributed by atoms with Crippen molar-refractivity contribution < 1.29 is 14.4 Å². The van der Waals surface area contributed by atoms with Crippen LogP contribution in [0.4, 0.5) is 11.4 Å². The number of nitrogens with zero attached hydrogens (tertiary/aromatic N) is 2. The SMILES string of the molecule is C=CCNC(=O)c1ccccc1NC(=O)C1=NN(c2ccccc2)C(=O)CC1. The summed E-state index contributed by atoms with van der Waals surface area (Å²) in [5.74, 6) is -0.938. The number of para-hydroxylation sites is 2. The van der Waals surface area contributed by atoms with E-state index in [1.807, 2.05) is 6.07 Å². The molecular formula is C21H20N4O3. The number of anilines is 2. The highest BCUT2D eigenvalue weighted by Gasteiger charge is 2.26. The number of benzene rings is 2. The fourth-order valence-electron chi connectivity index (χ4n) is 2.73. The van der Waals surface area contributed by atoms with Crippen LogP contribution in [0.1, 0.15) is 23.2 Å². The maximum absolute atomic E-state index is 12.7. The van der Waals surface area contributed by atoms with Crippen LogP contribution in [-0.4, -0.2) is 30.0 Å². The lowest BCUT2D eigenvalue weighted by atomic mass is 10.1. The smallest absolute Gasteiger partial charge is 0.271 e. The first-order valence-electron chi connectivity index (χ1n) is 8.85. The Balaban J connectivity index is 1.81. The fraction of sp³-hybridized carbons (Fsp3) is 0.143. The zero-order chi connectivity index (χ0) is 19.9. The molecule has 0 aliphatic carbocycles. The van der Waals surface area contributed by atoms with Gasteiger partial charge in [-0.25, -0.2) is 5.01 Å². The average Bonchev–Trinajstić information content (AvgIpc) is 2.73. The number of nitrogens with one attached hydrogen (secondary N) is 2. The third-order valence-corrected chi connectivity index (χ3v) is 4.12. The van der Waals surface area contributed by atoms with Gasteiger partial charge in [0.05, 0.1) is 16.9 Å². The van der Waals surface area contributed by atoms with E-state index in [2.05, 4.69) is 22.3 Å². The molecule has 0 aromatic heterocycles. The van der Waals surface area contributed by atoms with E-state index in [9.17, 15) is 14.4 Å². The van der Waals surface area contributed by atoms with Crippen LogP contribution in [0.3, 0.4) is 0 Å². The van der Waals surface area contributed by atoms with Crippen molar-refractivity contribution in [3.63, 3.8) is 0 Å². The molecule has 142 valence electrons. The third kappa shape index (κ3) is 4.32. The summed E-state index contributed by atoms with van der Waals surface area (Å²) in [5, 5.41) is 10.9. The van der Waals surface area contributed by atoms with E-state index < -0.39 is 5.91 Å². The van der Waals surface area contributed by atoms with Crippen LogP contribution < -0.4 is 15.6 Å². The molecule has 0 unspecified atom stereocenters. The van der Waals surface area contributed by atoms with Crippen LogP contribution in [0, 0.1) is 0 Å². The molecule has 1 heterocycles. The number of carbonyl (C=O) groups is 3. The molecule has 28 heavy (non-hydrogen) atoms. The Bertz CT molecular complexity index is 938. The highest BCUT2D eigenvalue weighted by atomic mass is 16.2. The van der Waals surface area contributed by atoms with Gasteiger partial charge in [-0.15, -0.1) is 6.58 Å². The van der Waals surface area contributed by atoms with E-state index in [1.54, 1.807) is 54.6 Å². The van der Waals surface area contributed by atoms with Crippen molar-refractivity contribution in [1.82, 2.24) is 5.32 Å². The lowest BCUT2D eigenvalue weighted by Gasteiger charge is -2.23. The molecule has 7 nitrogen and oxygen atoms in total. The minimum atomic E-state index is -0.447. The summed E-state index contributed by atoms with van der Waals surface area (Å²) < 4.78 is 0. The van der Waals surface area contributed by atoms with Gasteiger partial charge in [0.25, 0.3) is 11.8 Å². The van der Waals surface area contributed by atoms with Crippen molar-refractivity contribution in [2.75, 3.05) is 16.9 Å². The summed E-state index contributed by atoms with van der Waals surface area (Å²) in [4.78, 5) is 37.2. The first-order chi connectivity index (χ1) is 13.6. The van der Waals surface area contributed by atoms with Gasteiger partial charge in [-0.2, -0.15) is 5.10 Å². The van der Waals surface area contributed by atoms with E-state index in [0.29, 0.717) is 23.5 Å². The summed E-state index contributed by atoms with van der Waals surface area (Å²) >= 11 is 0. The van der Waals surface area contributed by atoms with Crippen LogP contribution in [0.2, 0.25) is 0 Å². The molecule has 0 atom stereocenters. The third-order valence-electron chi connectivity index (χ3n) is 4.12. The molecule has 0 fully saturated rings. The largest absolute Gasteiger partial charge is 0.349 e. The highest BCUT2D eigenvalue weighted by Crippen LogP contribution is 2.21. The van der Waals surface area contributed by atoms with Gasteiger partial charge in [-0.3, -0.25) is 14.4 Å². The zero-order valence-corrected chi connectivity index (χ0v) is 15.2. The van der Waals surface area contributed by atoms with Crippen LogP contribution in [-0.2, 0) is 9.59 Å². The molecule has 0 saturated carbocycles. The Morgan fingerprint density at radius 1 is 1.04 bits per heavy atom. The molecule has 0 bridgehead atoms. The number of amides is 3. The molecule has 2 aromatic carbocycles. The van der Waals surface area contributed by atoms with E-state index in [4.69, 9.17) is 0 Å². The van der Waals surface area contributed by atoms with E-state index in [-0.39, 0.29) is 30.4 Å². The molecule has 3 amide bonds. The first-order valence-corrected chi connectivity index (χ1v) is 8.85. The lowest BCUT2D eigenvalue weighted by molar-refractivity contribution is -0.118. The first kappa shape index (κ1) is 19.0. The van der Waals surface area contributed by atoms with Gasteiger partial charge in [-0.1, -0.05) is 36.4 Å². The quantitative estimate of drug-likeness (QED) is 0.760. The van der Waals surface area contributed by atoms with E-state index >= 15 is 0 Å². The Morgan fingerprint density at radius 2 is 1.75 bits per heavy atom. The Hall–Kier alpha value is -3.74. The Labute approximate surface area is 162 Å². The van der Waals surface area contributed by atoms with Gasteiger partial charge in [0.15, 0.2) is 0 Å². The van der Waals surface area contributed by atoms with Crippen LogP contribution >= 0.6 is 0 Å². The minimum Gasteiger partial charge on any atom is -0.349 e. The normalized spacial score (nSPS) is 13.5. The van der Waals surface area contributed by atoms with Crippen LogP contribution in [0.25, 0.3) is 0 Å². The summed E-state index contributed by atoms with van der Waals surface area (Å²) in [6, 6.07) is 15.6. The molecule has 1 aliphatic rings. The zero-order valence-electron chi connectivity index (χ0n) is 15.2. The molecule has 1 aliphatic heterocycles. The van der Waals surface area contributed by atoms with E-state index in [1.165, 1.54) is 5.01 Å². The molecule has 0 saturated heterocycles. The summed E-state index contributed by atoms with van der Waals surface area (Å²) in [7, 11) is 0. The number of hydrogen-bond acceptors (Lipinski definition) is 4. The summed E-state index contributed by atoms with van der Waals surface area (Å²) in [6.07, 6.45) is 1.99. The van der Waals surface area contributed by atoms with Gasteiger partial charge in [0, 0.05) is 19.4 Å². The van der Waals surface area contributed by atoms with Crippen molar-refractivity contribution in [3.05, 3.63) is 72.8 Å². The molecule has 2 aromatic rings. The molecule has 0 spiro atoms. The lowest BCUT2D eigenvalue weighted by Crippen LogP contribution is -2.36. The van der Waals surface area contributed by atoms with Crippen molar-refractivity contribution in [3.8, 4) is 0 Å². The molecule has 2 N–H and O–H groups in total. The Morgan fingerprint density at radius 3 is 2.50 bits per heavy atom. The second-order valence-electron chi connectivity index (χ2n) is 6.09. The fourth-order valence-corrected chi connectivity index (χ4v) is 2.73. The second kappa shape index (κ2) is 8.77. The summed E-state index contributed by atoms with van der Waals surface area (Å²) in [6.45, 7) is 3.89. The highest BCUT2D eigenvalue weighted by molar-refractivity contribution is 6.44. The maximum Gasteiger partial charge on any atom is 0.271 e. The predicted molar refractivity (Wildman–Crippen MR) is 108 cm³/mol. The number of carbonyl (C=O) groups excluding carboxylic acids is 3. The minimum absolute atomic E-state index is 0.174. The second-order valence-corrected chi connectivity index (χ2v) is 6.09. The van der Waals surface area contributed by atoms with Crippen molar-refractivity contribution >= 4 is 34.8 Å². The predicted octanol–water partition coefficient (Wildman–Crippen LogP) is 2.72. The molecule has 7 heteroatoms. The van der Waals surface area contributed by atoms with Gasteiger partial charge < -0.3 is 10.6 Å². The van der Waals surface area contributed by atoms with Crippen molar-refractivity contribution in [1.29, 1.82) is 0 Å². The maximum atomic E-state index is 12.7. The topological polar surface area (TPSA) is 90.9 Å². The van der Waals surface area contributed by atoms with E-state index in [0.717, 1.165) is 0 Å². The number of hydrazone groups is 1. The van der Waals surface area contributed by atoms with Gasteiger partial charge >= 0.3 is 0 Å². The average molecular weight is 376 g/mol. The molecule has 0 radical (unpaired) electrons. The van der Waals surface area contributed by atoms with Gasteiger partial charge in [0.1, 0.15) is 5.71 Å². The molecule has 3 rings (SSSR count). The summed E-state index contributed by atoms with van der Waals surface area (Å²) in [5.41, 5.74) is 1.54. The molecular weight excluding hydrogens is 356 g/mol. The van der Waals surface area contributed by atoms with Crippen molar-refractivity contribution in [2.45, 2.75) is 12.8 Å².